The summed E-state index contributed by atoms with van der Waals surface area (Å²) in [7, 11) is 0. The number of ether oxygens (including phenoxy) is 1. The van der Waals surface area contributed by atoms with Crippen molar-refractivity contribution in [1.82, 2.24) is 5.48 Å². The van der Waals surface area contributed by atoms with Gasteiger partial charge in [-0.05, 0) is 0 Å². The summed E-state index contributed by atoms with van der Waals surface area (Å²) in [6.07, 6.45) is 3.30. The van der Waals surface area contributed by atoms with Crippen LogP contribution in [0.25, 0.3) is 0 Å². The fourth-order valence-electron chi connectivity index (χ4n) is 0.719. The van der Waals surface area contributed by atoms with Gasteiger partial charge in [0.2, 0.25) is 0 Å². The number of hydrogen-bond donors (Lipinski definition) is 1. The highest BCUT2D eigenvalue weighted by Crippen LogP contribution is 2.18. The third-order valence-electron chi connectivity index (χ3n) is 1.16. The van der Waals surface area contributed by atoms with Gasteiger partial charge in [0.05, 0.1) is 5.57 Å². The van der Waals surface area contributed by atoms with E-state index in [2.05, 4.69) is 5.48 Å². The molecule has 0 aromatic rings. The van der Waals surface area contributed by atoms with E-state index in [0.29, 0.717) is 6.61 Å². The molecule has 0 aromatic heterocycles. The lowest BCUT2D eigenvalue weighted by molar-refractivity contribution is 0.179. The molecule has 0 unspecified atom stereocenters. The average molecular weight is 111 g/mol. The Morgan fingerprint density at radius 1 is 1.50 bits per heavy atom. The Hall–Kier alpha value is -1.12. The van der Waals surface area contributed by atoms with Crippen LogP contribution in [0.1, 0.15) is 0 Å². The molecule has 0 spiro atoms. The molecule has 0 atom stereocenters. The smallest absolute Gasteiger partial charge is 0.128 e. The fraction of sp³-hybridized carbons (Fsp3) is 0.200. The number of fused-ring (bicyclic) bond motifs is 1. The predicted molar refractivity (Wildman–Crippen MR) is 26.3 cm³/mol. The first-order valence-corrected chi connectivity index (χ1v) is 2.40. The van der Waals surface area contributed by atoms with Crippen molar-refractivity contribution in [1.29, 1.82) is 0 Å². The highest BCUT2D eigenvalue weighted by Gasteiger charge is 2.17. The SMILES string of the molecule is C1=C2COC=C2NO1. The molecule has 2 aliphatic rings. The Kier molecular flexibility index (Phi) is 0.566. The van der Waals surface area contributed by atoms with E-state index in [1.54, 1.807) is 12.5 Å². The molecule has 0 fully saturated rings. The van der Waals surface area contributed by atoms with Gasteiger partial charge in [-0.25, -0.2) is 5.48 Å². The zero-order valence-corrected chi connectivity index (χ0v) is 4.18. The van der Waals surface area contributed by atoms with Gasteiger partial charge in [-0.15, -0.1) is 0 Å². The van der Waals surface area contributed by atoms with Crippen LogP contribution in [0, 0.1) is 0 Å². The van der Waals surface area contributed by atoms with Crippen LogP contribution < -0.4 is 5.48 Å². The second-order valence-electron chi connectivity index (χ2n) is 1.71. The lowest BCUT2D eigenvalue weighted by Gasteiger charge is -1.90. The van der Waals surface area contributed by atoms with Gasteiger partial charge in [-0.2, -0.15) is 0 Å². The van der Waals surface area contributed by atoms with Crippen LogP contribution in [0.5, 0.6) is 0 Å². The van der Waals surface area contributed by atoms with Crippen molar-refractivity contribution < 1.29 is 9.57 Å². The first-order valence-electron chi connectivity index (χ1n) is 2.40. The van der Waals surface area contributed by atoms with Crippen LogP contribution in [0.2, 0.25) is 0 Å². The fourth-order valence-corrected chi connectivity index (χ4v) is 0.719. The van der Waals surface area contributed by atoms with Crippen molar-refractivity contribution >= 4 is 0 Å². The van der Waals surface area contributed by atoms with Crippen molar-refractivity contribution in [3.63, 3.8) is 0 Å². The van der Waals surface area contributed by atoms with Gasteiger partial charge >= 0.3 is 0 Å². The molecule has 42 valence electrons. The van der Waals surface area contributed by atoms with E-state index < -0.39 is 0 Å². The Balaban J connectivity index is 2.37. The van der Waals surface area contributed by atoms with Gasteiger partial charge in [0, 0.05) is 0 Å². The monoisotopic (exact) mass is 111 g/mol. The van der Waals surface area contributed by atoms with Gasteiger partial charge in [-0.1, -0.05) is 0 Å². The van der Waals surface area contributed by atoms with E-state index in [1.165, 1.54) is 0 Å². The number of rotatable bonds is 0. The molecule has 2 aliphatic heterocycles. The summed E-state index contributed by atoms with van der Waals surface area (Å²) in [5.74, 6) is 0. The summed E-state index contributed by atoms with van der Waals surface area (Å²) in [5, 5.41) is 0. The maximum absolute atomic E-state index is 4.94. The normalized spacial score (nSPS) is 22.0. The summed E-state index contributed by atoms with van der Waals surface area (Å²) >= 11 is 0. The van der Waals surface area contributed by atoms with Crippen molar-refractivity contribution in [2.45, 2.75) is 0 Å². The molecule has 0 aromatic carbocycles. The molecular weight excluding hydrogens is 106 g/mol. The molecule has 0 bridgehead atoms. The summed E-state index contributed by atoms with van der Waals surface area (Å²) in [6.45, 7) is 0.641. The largest absolute Gasteiger partial charge is 0.494 e. The molecule has 3 nitrogen and oxygen atoms in total. The molecular formula is C5H5NO2. The van der Waals surface area contributed by atoms with Crippen LogP contribution in [0.4, 0.5) is 0 Å². The van der Waals surface area contributed by atoms with E-state index in [1.807, 2.05) is 0 Å². The molecule has 2 heterocycles. The zero-order chi connectivity index (χ0) is 5.40. The second-order valence-corrected chi connectivity index (χ2v) is 1.71. The molecule has 0 saturated heterocycles. The summed E-state index contributed by atoms with van der Waals surface area (Å²) < 4.78 is 4.94. The van der Waals surface area contributed by atoms with E-state index >= 15 is 0 Å². The maximum Gasteiger partial charge on any atom is 0.128 e. The van der Waals surface area contributed by atoms with Crippen molar-refractivity contribution in [3.05, 3.63) is 23.8 Å². The highest BCUT2D eigenvalue weighted by molar-refractivity contribution is 5.32. The topological polar surface area (TPSA) is 30.5 Å². The molecule has 0 aliphatic carbocycles. The molecule has 0 radical (unpaired) electrons. The molecule has 8 heavy (non-hydrogen) atoms. The average Bonchev–Trinajstić information content (AvgIpc) is 2.15. The Bertz CT molecular complexity index is 151. The van der Waals surface area contributed by atoms with Crippen LogP contribution in [-0.2, 0) is 9.57 Å². The standard InChI is InChI=1S/C5H5NO2/c1-4-2-8-6-5(4)3-7-1/h2-3,6H,1H2. The van der Waals surface area contributed by atoms with Gasteiger partial charge in [0.25, 0.3) is 0 Å². The zero-order valence-electron chi connectivity index (χ0n) is 4.18. The summed E-state index contributed by atoms with van der Waals surface area (Å²) in [6, 6.07) is 0. The third-order valence-corrected chi connectivity index (χ3v) is 1.16. The number of hydroxylamine groups is 1. The third kappa shape index (κ3) is 0.332. The van der Waals surface area contributed by atoms with Crippen LogP contribution in [0.3, 0.4) is 0 Å². The molecule has 3 heteroatoms. The lowest BCUT2D eigenvalue weighted by Crippen LogP contribution is -2.01. The van der Waals surface area contributed by atoms with Crippen molar-refractivity contribution in [2.75, 3.05) is 6.61 Å². The first-order chi connectivity index (χ1) is 3.97. The Morgan fingerprint density at radius 2 is 2.50 bits per heavy atom. The van der Waals surface area contributed by atoms with Crippen molar-refractivity contribution in [2.24, 2.45) is 0 Å². The molecule has 0 saturated carbocycles. The highest BCUT2D eigenvalue weighted by atomic mass is 16.6. The van der Waals surface area contributed by atoms with E-state index in [-0.39, 0.29) is 0 Å². The molecule has 0 amide bonds. The summed E-state index contributed by atoms with van der Waals surface area (Å²) in [4.78, 5) is 4.75. The molecule has 1 N–H and O–H groups in total. The number of hydrogen-bond acceptors (Lipinski definition) is 3. The first kappa shape index (κ1) is 3.83. The second kappa shape index (κ2) is 1.18. The minimum atomic E-state index is 0.641. The summed E-state index contributed by atoms with van der Waals surface area (Å²) in [5.41, 5.74) is 4.70. The van der Waals surface area contributed by atoms with E-state index in [0.717, 1.165) is 11.3 Å². The van der Waals surface area contributed by atoms with Crippen LogP contribution in [0.15, 0.2) is 23.8 Å². The van der Waals surface area contributed by atoms with Gasteiger partial charge in [-0.3, -0.25) is 0 Å². The number of nitrogens with one attached hydrogen (secondary N) is 1. The predicted octanol–water partition coefficient (Wildman–Crippen LogP) is 0.277. The molecule has 2 rings (SSSR count). The minimum Gasteiger partial charge on any atom is -0.494 e. The van der Waals surface area contributed by atoms with E-state index in [9.17, 15) is 0 Å². The van der Waals surface area contributed by atoms with Gasteiger partial charge in [0.1, 0.15) is 24.8 Å². The minimum absolute atomic E-state index is 0.641. The van der Waals surface area contributed by atoms with E-state index in [4.69, 9.17) is 9.57 Å². The van der Waals surface area contributed by atoms with Gasteiger partial charge < -0.3 is 9.57 Å². The van der Waals surface area contributed by atoms with Crippen molar-refractivity contribution in [3.8, 4) is 0 Å². The quantitative estimate of drug-likeness (QED) is 0.487. The lowest BCUT2D eigenvalue weighted by atomic mass is 10.3. The van der Waals surface area contributed by atoms with Gasteiger partial charge in [0.15, 0.2) is 0 Å². The Morgan fingerprint density at radius 3 is 3.38 bits per heavy atom. The van der Waals surface area contributed by atoms with Crippen LogP contribution >= 0.6 is 0 Å². The van der Waals surface area contributed by atoms with Crippen LogP contribution in [-0.4, -0.2) is 6.61 Å². The maximum atomic E-state index is 4.94. The Labute approximate surface area is 46.5 Å².